The third kappa shape index (κ3) is 4.47. The highest BCUT2D eigenvalue weighted by atomic mass is 32.2. The SMILES string of the molecule is CCOc1ccc(-c2noc(CN(C)S(=O)(=O)c3cc([N+](=O)[O-])ccc3C)n2)cc1. The van der Waals surface area contributed by atoms with Crippen molar-refractivity contribution in [1.29, 1.82) is 0 Å². The Kier molecular flexibility index (Phi) is 6.13. The molecule has 0 saturated carbocycles. The summed E-state index contributed by atoms with van der Waals surface area (Å²) in [5.74, 6) is 1.11. The number of aromatic nitrogens is 2. The second kappa shape index (κ2) is 8.59. The number of ether oxygens (including phenoxy) is 1. The minimum atomic E-state index is -4.01. The molecule has 0 amide bonds. The molecule has 2 aromatic carbocycles. The van der Waals surface area contributed by atoms with Gasteiger partial charge in [0.2, 0.25) is 21.7 Å². The topological polar surface area (TPSA) is 129 Å². The standard InChI is InChI=1S/C19H20N4O6S/c1-4-28-16-9-6-14(7-10-16)19-20-18(29-21-19)12-22(3)30(26,27)17-11-15(23(24)25)8-5-13(17)2/h5-11H,4,12H2,1-3H3. The summed E-state index contributed by atoms with van der Waals surface area (Å²) in [6, 6.07) is 10.8. The molecule has 0 aliphatic rings. The molecule has 158 valence electrons. The van der Waals surface area contributed by atoms with Gasteiger partial charge in [0.15, 0.2) is 0 Å². The Balaban J connectivity index is 1.80. The van der Waals surface area contributed by atoms with Crippen LogP contribution >= 0.6 is 0 Å². The number of nitro groups is 1. The summed E-state index contributed by atoms with van der Waals surface area (Å²) in [7, 11) is -2.66. The number of hydrogen-bond acceptors (Lipinski definition) is 8. The van der Waals surface area contributed by atoms with Crippen LogP contribution < -0.4 is 4.74 Å². The molecule has 0 bridgehead atoms. The van der Waals surface area contributed by atoms with Crippen LogP contribution in [0.15, 0.2) is 51.9 Å². The zero-order valence-electron chi connectivity index (χ0n) is 16.6. The van der Waals surface area contributed by atoms with Crippen LogP contribution in [0.25, 0.3) is 11.4 Å². The van der Waals surface area contributed by atoms with E-state index >= 15 is 0 Å². The predicted octanol–water partition coefficient (Wildman–Crippen LogP) is 3.17. The Bertz CT molecular complexity index is 1160. The number of rotatable bonds is 8. The predicted molar refractivity (Wildman–Crippen MR) is 107 cm³/mol. The van der Waals surface area contributed by atoms with E-state index in [0.29, 0.717) is 29.3 Å². The van der Waals surface area contributed by atoms with E-state index in [1.165, 1.54) is 19.2 Å². The Labute approximate surface area is 173 Å². The summed E-state index contributed by atoms with van der Waals surface area (Å²) in [6.07, 6.45) is 0. The normalized spacial score (nSPS) is 11.6. The van der Waals surface area contributed by atoms with Gasteiger partial charge < -0.3 is 9.26 Å². The molecule has 0 atom stereocenters. The highest BCUT2D eigenvalue weighted by Crippen LogP contribution is 2.25. The van der Waals surface area contributed by atoms with E-state index in [9.17, 15) is 18.5 Å². The van der Waals surface area contributed by atoms with Crippen LogP contribution in [0.3, 0.4) is 0 Å². The first-order chi connectivity index (χ1) is 14.2. The van der Waals surface area contributed by atoms with Gasteiger partial charge in [-0.25, -0.2) is 8.42 Å². The number of sulfonamides is 1. The van der Waals surface area contributed by atoms with E-state index in [2.05, 4.69) is 10.1 Å². The van der Waals surface area contributed by atoms with Crippen LogP contribution in [-0.2, 0) is 16.6 Å². The summed E-state index contributed by atoms with van der Waals surface area (Å²) < 4.78 is 37.4. The van der Waals surface area contributed by atoms with E-state index in [4.69, 9.17) is 9.26 Å². The lowest BCUT2D eigenvalue weighted by atomic mass is 10.2. The van der Waals surface area contributed by atoms with Gasteiger partial charge in [-0.15, -0.1) is 0 Å². The molecular formula is C19H20N4O6S. The van der Waals surface area contributed by atoms with Crippen LogP contribution in [0.4, 0.5) is 5.69 Å². The van der Waals surface area contributed by atoms with Crippen LogP contribution in [0.1, 0.15) is 18.4 Å². The number of benzene rings is 2. The molecular weight excluding hydrogens is 412 g/mol. The summed E-state index contributed by atoms with van der Waals surface area (Å²) >= 11 is 0. The molecule has 0 N–H and O–H groups in total. The molecule has 0 aliphatic carbocycles. The van der Waals surface area contributed by atoms with Crippen molar-refractivity contribution in [2.45, 2.75) is 25.3 Å². The maximum absolute atomic E-state index is 12.9. The third-order valence-electron chi connectivity index (χ3n) is 4.32. The van der Waals surface area contributed by atoms with Gasteiger partial charge in [0, 0.05) is 24.7 Å². The number of nitrogens with zero attached hydrogens (tertiary/aromatic N) is 4. The highest BCUT2D eigenvalue weighted by molar-refractivity contribution is 7.89. The van der Waals surface area contributed by atoms with Gasteiger partial charge in [-0.1, -0.05) is 11.2 Å². The van der Waals surface area contributed by atoms with Crippen molar-refractivity contribution in [1.82, 2.24) is 14.4 Å². The largest absolute Gasteiger partial charge is 0.494 e. The average Bonchev–Trinajstić information content (AvgIpc) is 3.17. The van der Waals surface area contributed by atoms with Gasteiger partial charge in [0.25, 0.3) is 5.69 Å². The van der Waals surface area contributed by atoms with Crippen molar-refractivity contribution in [3.05, 3.63) is 64.0 Å². The van der Waals surface area contributed by atoms with Crippen molar-refractivity contribution in [2.75, 3.05) is 13.7 Å². The van der Waals surface area contributed by atoms with Crippen LogP contribution in [0, 0.1) is 17.0 Å². The van der Waals surface area contributed by atoms with E-state index in [1.54, 1.807) is 31.2 Å². The van der Waals surface area contributed by atoms with Crippen molar-refractivity contribution < 1.29 is 22.6 Å². The van der Waals surface area contributed by atoms with Gasteiger partial charge in [0.1, 0.15) is 5.75 Å². The molecule has 1 aromatic heterocycles. The third-order valence-corrected chi connectivity index (χ3v) is 6.27. The molecule has 0 radical (unpaired) electrons. The molecule has 0 fully saturated rings. The van der Waals surface area contributed by atoms with Gasteiger partial charge in [0.05, 0.1) is 23.0 Å². The molecule has 0 spiro atoms. The molecule has 30 heavy (non-hydrogen) atoms. The summed E-state index contributed by atoms with van der Waals surface area (Å²) in [4.78, 5) is 14.5. The Morgan fingerprint density at radius 1 is 1.20 bits per heavy atom. The molecule has 1 heterocycles. The fourth-order valence-electron chi connectivity index (χ4n) is 2.73. The monoisotopic (exact) mass is 432 g/mol. The highest BCUT2D eigenvalue weighted by Gasteiger charge is 2.27. The van der Waals surface area contributed by atoms with Crippen molar-refractivity contribution >= 4 is 15.7 Å². The van der Waals surface area contributed by atoms with Crippen molar-refractivity contribution in [2.24, 2.45) is 0 Å². The fourth-order valence-corrected chi connectivity index (χ4v) is 4.09. The first kappa shape index (κ1) is 21.4. The van der Waals surface area contributed by atoms with Crippen molar-refractivity contribution in [3.8, 4) is 17.1 Å². The average molecular weight is 432 g/mol. The van der Waals surface area contributed by atoms with E-state index < -0.39 is 14.9 Å². The van der Waals surface area contributed by atoms with Gasteiger partial charge >= 0.3 is 0 Å². The quantitative estimate of drug-likeness (QED) is 0.392. The lowest BCUT2D eigenvalue weighted by Gasteiger charge is -2.16. The van der Waals surface area contributed by atoms with E-state index in [-0.39, 0.29) is 23.0 Å². The molecule has 11 heteroatoms. The van der Waals surface area contributed by atoms with E-state index in [1.807, 2.05) is 6.92 Å². The molecule has 0 unspecified atom stereocenters. The summed E-state index contributed by atoms with van der Waals surface area (Å²) in [5.41, 5.74) is 0.782. The molecule has 3 rings (SSSR count). The van der Waals surface area contributed by atoms with Crippen molar-refractivity contribution in [3.63, 3.8) is 0 Å². The summed E-state index contributed by atoms with van der Waals surface area (Å²) in [5, 5.41) is 14.9. The fraction of sp³-hybridized carbons (Fsp3) is 0.263. The lowest BCUT2D eigenvalue weighted by molar-refractivity contribution is -0.385. The van der Waals surface area contributed by atoms with Crippen LogP contribution in [0.2, 0.25) is 0 Å². The Morgan fingerprint density at radius 3 is 2.53 bits per heavy atom. The number of hydrogen-bond donors (Lipinski definition) is 0. The maximum Gasteiger partial charge on any atom is 0.270 e. The van der Waals surface area contributed by atoms with E-state index in [0.717, 1.165) is 10.4 Å². The second-order valence-corrected chi connectivity index (χ2v) is 8.45. The minimum Gasteiger partial charge on any atom is -0.494 e. The Morgan fingerprint density at radius 2 is 1.90 bits per heavy atom. The molecule has 0 aliphatic heterocycles. The van der Waals surface area contributed by atoms with Gasteiger partial charge in [-0.05, 0) is 43.7 Å². The molecule has 0 saturated heterocycles. The lowest BCUT2D eigenvalue weighted by Crippen LogP contribution is -2.27. The minimum absolute atomic E-state index is 0.0908. The number of aryl methyl sites for hydroxylation is 1. The van der Waals surface area contributed by atoms with Crippen LogP contribution in [0.5, 0.6) is 5.75 Å². The zero-order valence-corrected chi connectivity index (χ0v) is 17.4. The molecule has 10 nitrogen and oxygen atoms in total. The first-order valence-corrected chi connectivity index (χ1v) is 10.4. The number of nitro benzene ring substituents is 1. The Hall–Kier alpha value is -3.31. The summed E-state index contributed by atoms with van der Waals surface area (Å²) in [6.45, 7) is 3.82. The smallest absolute Gasteiger partial charge is 0.270 e. The van der Waals surface area contributed by atoms with Crippen LogP contribution in [-0.4, -0.2) is 41.4 Å². The zero-order chi connectivity index (χ0) is 21.9. The number of non-ortho nitro benzene ring substituents is 1. The van der Waals surface area contributed by atoms with Gasteiger partial charge in [-0.3, -0.25) is 10.1 Å². The molecule has 3 aromatic rings. The van der Waals surface area contributed by atoms with Gasteiger partial charge in [-0.2, -0.15) is 9.29 Å². The second-order valence-electron chi connectivity index (χ2n) is 6.44. The first-order valence-electron chi connectivity index (χ1n) is 8.99. The maximum atomic E-state index is 12.9.